The molecule has 2 unspecified atom stereocenters. The van der Waals surface area contributed by atoms with Gasteiger partial charge in [-0.05, 0) is 26.5 Å². The van der Waals surface area contributed by atoms with E-state index in [0.29, 0.717) is 6.61 Å². The maximum Gasteiger partial charge on any atom is 0.233 e. The molecule has 1 amide bonds. The zero-order chi connectivity index (χ0) is 9.90. The summed E-state index contributed by atoms with van der Waals surface area (Å²) in [6.45, 7) is 5.34. The highest BCUT2D eigenvalue weighted by Gasteiger charge is 2.32. The monoisotopic (exact) mass is 203 g/mol. The molecule has 0 aromatic carbocycles. The van der Waals surface area contributed by atoms with Crippen LogP contribution in [-0.4, -0.2) is 36.2 Å². The van der Waals surface area contributed by atoms with Gasteiger partial charge in [0.05, 0.1) is 17.4 Å². The number of carbonyl (C=O) groups is 1. The van der Waals surface area contributed by atoms with Crippen molar-refractivity contribution in [3.05, 3.63) is 0 Å². The summed E-state index contributed by atoms with van der Waals surface area (Å²) in [6, 6.07) is 0. The summed E-state index contributed by atoms with van der Waals surface area (Å²) >= 11 is 1.56. The highest BCUT2D eigenvalue weighted by atomic mass is 32.2. The Balaban J connectivity index is 2.43. The summed E-state index contributed by atoms with van der Waals surface area (Å²) < 4.78 is 5.25. The normalized spacial score (nSPS) is 30.1. The van der Waals surface area contributed by atoms with Crippen LogP contribution in [0.2, 0.25) is 0 Å². The number of hydrogen-bond donors (Lipinski definition) is 1. The summed E-state index contributed by atoms with van der Waals surface area (Å²) in [6.07, 6.45) is 2.86. The summed E-state index contributed by atoms with van der Waals surface area (Å²) in [7, 11) is 0. The van der Waals surface area contributed by atoms with E-state index in [2.05, 4.69) is 5.32 Å². The SMILES string of the molecule is CSC(C)C(=O)NC1(C)CCOC1. The molecular formula is C9H17NO2S. The zero-order valence-corrected chi connectivity index (χ0v) is 9.24. The van der Waals surface area contributed by atoms with Gasteiger partial charge in [-0.2, -0.15) is 11.8 Å². The second kappa shape index (κ2) is 4.33. The Morgan fingerprint density at radius 2 is 2.38 bits per heavy atom. The molecule has 2 atom stereocenters. The van der Waals surface area contributed by atoms with E-state index in [9.17, 15) is 4.79 Å². The van der Waals surface area contributed by atoms with Gasteiger partial charge in [0.1, 0.15) is 0 Å². The van der Waals surface area contributed by atoms with Crippen molar-refractivity contribution in [3.63, 3.8) is 0 Å². The van der Waals surface area contributed by atoms with Crippen molar-refractivity contribution >= 4 is 17.7 Å². The van der Waals surface area contributed by atoms with E-state index in [1.165, 1.54) is 0 Å². The molecule has 1 aliphatic rings. The molecule has 0 aromatic rings. The third-order valence-electron chi connectivity index (χ3n) is 2.37. The van der Waals surface area contributed by atoms with Gasteiger partial charge in [-0.3, -0.25) is 4.79 Å². The topological polar surface area (TPSA) is 38.3 Å². The lowest BCUT2D eigenvalue weighted by Crippen LogP contribution is -2.49. The van der Waals surface area contributed by atoms with Gasteiger partial charge >= 0.3 is 0 Å². The molecule has 0 spiro atoms. The molecule has 1 aliphatic heterocycles. The van der Waals surface area contributed by atoms with Crippen molar-refractivity contribution in [2.75, 3.05) is 19.5 Å². The molecule has 76 valence electrons. The molecule has 0 aliphatic carbocycles. The maximum absolute atomic E-state index is 11.5. The summed E-state index contributed by atoms with van der Waals surface area (Å²) in [5, 5.41) is 3.05. The van der Waals surface area contributed by atoms with Crippen molar-refractivity contribution in [3.8, 4) is 0 Å². The van der Waals surface area contributed by atoms with Crippen molar-refractivity contribution in [2.45, 2.75) is 31.1 Å². The van der Waals surface area contributed by atoms with E-state index in [-0.39, 0.29) is 16.7 Å². The third-order valence-corrected chi connectivity index (χ3v) is 3.29. The Kier molecular flexibility index (Phi) is 3.62. The van der Waals surface area contributed by atoms with Crippen molar-refractivity contribution in [1.82, 2.24) is 5.32 Å². The van der Waals surface area contributed by atoms with Gasteiger partial charge in [0.15, 0.2) is 0 Å². The number of ether oxygens (including phenoxy) is 1. The minimum absolute atomic E-state index is 0.0254. The molecule has 4 heteroatoms. The average molecular weight is 203 g/mol. The first-order valence-electron chi connectivity index (χ1n) is 4.50. The van der Waals surface area contributed by atoms with Crippen LogP contribution in [0.4, 0.5) is 0 Å². The Bertz CT molecular complexity index is 190. The maximum atomic E-state index is 11.5. The summed E-state index contributed by atoms with van der Waals surface area (Å²) in [4.78, 5) is 11.5. The molecule has 1 rings (SSSR count). The highest BCUT2D eigenvalue weighted by Crippen LogP contribution is 2.18. The number of carbonyl (C=O) groups excluding carboxylic acids is 1. The second-order valence-electron chi connectivity index (χ2n) is 3.73. The van der Waals surface area contributed by atoms with Crippen LogP contribution < -0.4 is 5.32 Å². The Morgan fingerprint density at radius 1 is 1.69 bits per heavy atom. The highest BCUT2D eigenvalue weighted by molar-refractivity contribution is 7.99. The number of thioether (sulfide) groups is 1. The van der Waals surface area contributed by atoms with Crippen LogP contribution >= 0.6 is 11.8 Å². The van der Waals surface area contributed by atoms with Crippen LogP contribution in [0, 0.1) is 0 Å². The number of amides is 1. The fraction of sp³-hybridized carbons (Fsp3) is 0.889. The van der Waals surface area contributed by atoms with Gasteiger partial charge in [-0.25, -0.2) is 0 Å². The Labute approximate surface area is 83.6 Å². The number of nitrogens with one attached hydrogen (secondary N) is 1. The van der Waals surface area contributed by atoms with E-state index >= 15 is 0 Å². The molecule has 3 nitrogen and oxygen atoms in total. The number of hydrogen-bond acceptors (Lipinski definition) is 3. The lowest BCUT2D eigenvalue weighted by molar-refractivity contribution is -0.122. The van der Waals surface area contributed by atoms with Gasteiger partial charge in [0, 0.05) is 6.61 Å². The molecule has 1 saturated heterocycles. The molecule has 13 heavy (non-hydrogen) atoms. The van der Waals surface area contributed by atoms with Crippen LogP contribution in [0.25, 0.3) is 0 Å². The fourth-order valence-corrected chi connectivity index (χ4v) is 1.54. The van der Waals surface area contributed by atoms with Crippen LogP contribution in [0.5, 0.6) is 0 Å². The van der Waals surface area contributed by atoms with Crippen molar-refractivity contribution in [2.24, 2.45) is 0 Å². The van der Waals surface area contributed by atoms with E-state index in [1.54, 1.807) is 11.8 Å². The zero-order valence-electron chi connectivity index (χ0n) is 8.42. The first-order chi connectivity index (χ1) is 6.07. The molecule has 1 fully saturated rings. The molecular weight excluding hydrogens is 186 g/mol. The van der Waals surface area contributed by atoms with E-state index < -0.39 is 0 Å². The minimum Gasteiger partial charge on any atom is -0.379 e. The Hall–Kier alpha value is -0.220. The quantitative estimate of drug-likeness (QED) is 0.744. The van der Waals surface area contributed by atoms with E-state index in [0.717, 1.165) is 13.0 Å². The lowest BCUT2D eigenvalue weighted by atomic mass is 10.0. The predicted octanol–water partition coefficient (Wildman–Crippen LogP) is 1.03. The van der Waals surface area contributed by atoms with Crippen LogP contribution in [0.15, 0.2) is 0 Å². The lowest BCUT2D eigenvalue weighted by Gasteiger charge is -2.25. The standard InChI is InChI=1S/C9H17NO2S/c1-7(13-3)8(11)10-9(2)4-5-12-6-9/h7H,4-6H2,1-3H3,(H,10,11). The van der Waals surface area contributed by atoms with Crippen LogP contribution in [0.1, 0.15) is 20.3 Å². The van der Waals surface area contributed by atoms with E-state index in [4.69, 9.17) is 4.74 Å². The third kappa shape index (κ3) is 2.88. The molecule has 1 heterocycles. The molecule has 0 bridgehead atoms. The van der Waals surface area contributed by atoms with Crippen LogP contribution in [0.3, 0.4) is 0 Å². The van der Waals surface area contributed by atoms with Crippen molar-refractivity contribution in [1.29, 1.82) is 0 Å². The van der Waals surface area contributed by atoms with Gasteiger partial charge in [-0.1, -0.05) is 0 Å². The summed E-state index contributed by atoms with van der Waals surface area (Å²) in [5.74, 6) is 0.112. The average Bonchev–Trinajstić information content (AvgIpc) is 2.50. The van der Waals surface area contributed by atoms with Gasteiger partial charge in [-0.15, -0.1) is 0 Å². The van der Waals surface area contributed by atoms with Crippen LogP contribution in [-0.2, 0) is 9.53 Å². The van der Waals surface area contributed by atoms with Gasteiger partial charge in [0.25, 0.3) is 0 Å². The van der Waals surface area contributed by atoms with Gasteiger partial charge in [0.2, 0.25) is 5.91 Å². The first kappa shape index (κ1) is 10.9. The predicted molar refractivity (Wildman–Crippen MR) is 55.0 cm³/mol. The molecule has 0 saturated carbocycles. The summed E-state index contributed by atoms with van der Waals surface area (Å²) in [5.41, 5.74) is -0.138. The first-order valence-corrected chi connectivity index (χ1v) is 5.79. The Morgan fingerprint density at radius 3 is 2.85 bits per heavy atom. The minimum atomic E-state index is -0.138. The molecule has 0 radical (unpaired) electrons. The van der Waals surface area contributed by atoms with E-state index in [1.807, 2.05) is 20.1 Å². The molecule has 1 N–H and O–H groups in total. The number of rotatable bonds is 3. The second-order valence-corrected chi connectivity index (χ2v) is 4.91. The largest absolute Gasteiger partial charge is 0.379 e. The fourth-order valence-electron chi connectivity index (χ4n) is 1.27. The van der Waals surface area contributed by atoms with Gasteiger partial charge < -0.3 is 10.1 Å². The van der Waals surface area contributed by atoms with Crippen molar-refractivity contribution < 1.29 is 9.53 Å². The smallest absolute Gasteiger partial charge is 0.233 e. The molecule has 0 aromatic heterocycles.